The van der Waals surface area contributed by atoms with Gasteiger partial charge < -0.3 is 10.2 Å². The number of aromatic nitrogens is 3. The standard InChI is InChI=1S/C24H30FN5O3S/c1-4-29(5-2)12-11-26-24(31)19-14-21(18-8-6-7-9-20(18)25)27-23-22(19)16(3)28-30(23)17-10-13-34(32,33)15-17/h6-9,14,17H,4-5,10-13,15H2,1-3H3,(H,26,31). The lowest BCUT2D eigenvalue weighted by Crippen LogP contribution is -2.34. The van der Waals surface area contributed by atoms with Gasteiger partial charge in [0.15, 0.2) is 15.5 Å². The lowest BCUT2D eigenvalue weighted by molar-refractivity contribution is 0.0950. The highest BCUT2D eigenvalue weighted by atomic mass is 32.2. The maximum atomic E-state index is 14.6. The molecule has 10 heteroatoms. The summed E-state index contributed by atoms with van der Waals surface area (Å²) in [7, 11) is -3.16. The number of pyridine rings is 1. The summed E-state index contributed by atoms with van der Waals surface area (Å²) in [5.41, 5.74) is 1.91. The second-order valence-corrected chi connectivity index (χ2v) is 10.8. The van der Waals surface area contributed by atoms with E-state index in [-0.39, 0.29) is 29.0 Å². The molecule has 1 N–H and O–H groups in total. The lowest BCUT2D eigenvalue weighted by Gasteiger charge is -2.18. The number of hydrogen-bond acceptors (Lipinski definition) is 6. The van der Waals surface area contributed by atoms with E-state index in [4.69, 9.17) is 0 Å². The topological polar surface area (TPSA) is 97.2 Å². The van der Waals surface area contributed by atoms with E-state index in [2.05, 4.69) is 34.1 Å². The number of carbonyl (C=O) groups is 1. The Morgan fingerprint density at radius 2 is 2.00 bits per heavy atom. The third-order valence-electron chi connectivity index (χ3n) is 6.39. The van der Waals surface area contributed by atoms with Crippen molar-refractivity contribution in [2.45, 2.75) is 33.2 Å². The second kappa shape index (κ2) is 9.79. The van der Waals surface area contributed by atoms with Gasteiger partial charge in [0.2, 0.25) is 0 Å². The molecule has 1 aliphatic heterocycles. The molecule has 1 saturated heterocycles. The summed E-state index contributed by atoms with van der Waals surface area (Å²) in [4.78, 5) is 20.2. The summed E-state index contributed by atoms with van der Waals surface area (Å²) in [6.45, 7) is 8.87. The predicted molar refractivity (Wildman–Crippen MR) is 130 cm³/mol. The zero-order valence-electron chi connectivity index (χ0n) is 19.7. The molecule has 0 saturated carbocycles. The van der Waals surface area contributed by atoms with Crippen molar-refractivity contribution in [2.24, 2.45) is 0 Å². The fraction of sp³-hybridized carbons (Fsp3) is 0.458. The number of nitrogens with zero attached hydrogens (tertiary/aromatic N) is 4. The van der Waals surface area contributed by atoms with Crippen LogP contribution in [0.1, 0.15) is 42.4 Å². The minimum absolute atomic E-state index is 0.0276. The molecule has 34 heavy (non-hydrogen) atoms. The van der Waals surface area contributed by atoms with Gasteiger partial charge in [0.05, 0.1) is 39.9 Å². The van der Waals surface area contributed by atoms with Crippen molar-refractivity contribution in [3.05, 3.63) is 47.4 Å². The number of carbonyl (C=O) groups excluding carboxylic acids is 1. The van der Waals surface area contributed by atoms with Crippen LogP contribution in [0.3, 0.4) is 0 Å². The SMILES string of the molecule is CCN(CC)CCNC(=O)c1cc(-c2ccccc2F)nc2c1c(C)nn2C1CCS(=O)(=O)C1. The van der Waals surface area contributed by atoms with Gasteiger partial charge in [-0.3, -0.25) is 4.79 Å². The number of rotatable bonds is 8. The third-order valence-corrected chi connectivity index (χ3v) is 8.14. The first kappa shape index (κ1) is 24.3. The van der Waals surface area contributed by atoms with Crippen molar-refractivity contribution in [3.63, 3.8) is 0 Å². The van der Waals surface area contributed by atoms with E-state index < -0.39 is 15.7 Å². The first-order chi connectivity index (χ1) is 16.2. The zero-order chi connectivity index (χ0) is 24.5. The molecule has 182 valence electrons. The summed E-state index contributed by atoms with van der Waals surface area (Å²) in [5, 5.41) is 8.11. The molecule has 0 radical (unpaired) electrons. The van der Waals surface area contributed by atoms with Crippen LogP contribution < -0.4 is 5.32 Å². The summed E-state index contributed by atoms with van der Waals surface area (Å²) >= 11 is 0. The Morgan fingerprint density at radius 3 is 2.65 bits per heavy atom. The van der Waals surface area contributed by atoms with Crippen molar-refractivity contribution in [3.8, 4) is 11.3 Å². The molecule has 8 nitrogen and oxygen atoms in total. The molecule has 2 aromatic heterocycles. The number of hydrogen-bond donors (Lipinski definition) is 1. The van der Waals surface area contributed by atoms with E-state index in [1.807, 2.05) is 0 Å². The van der Waals surface area contributed by atoms with Crippen LogP contribution in [0.2, 0.25) is 0 Å². The van der Waals surface area contributed by atoms with Crippen molar-refractivity contribution < 1.29 is 17.6 Å². The van der Waals surface area contributed by atoms with Gasteiger partial charge in [-0.15, -0.1) is 0 Å². The highest BCUT2D eigenvalue weighted by Gasteiger charge is 2.32. The van der Waals surface area contributed by atoms with Crippen LogP contribution in [-0.4, -0.2) is 71.7 Å². The Balaban J connectivity index is 1.80. The highest BCUT2D eigenvalue weighted by molar-refractivity contribution is 7.91. The summed E-state index contributed by atoms with van der Waals surface area (Å²) in [6, 6.07) is 7.48. The fourth-order valence-corrected chi connectivity index (χ4v) is 6.18. The van der Waals surface area contributed by atoms with E-state index >= 15 is 0 Å². The van der Waals surface area contributed by atoms with Crippen molar-refractivity contribution in [1.82, 2.24) is 25.0 Å². The van der Waals surface area contributed by atoms with Gasteiger partial charge in [-0.1, -0.05) is 26.0 Å². The number of fused-ring (bicyclic) bond motifs is 1. The van der Waals surface area contributed by atoms with Gasteiger partial charge in [0.1, 0.15) is 5.82 Å². The summed E-state index contributed by atoms with van der Waals surface area (Å²) in [5.74, 6) is -0.684. The van der Waals surface area contributed by atoms with Gasteiger partial charge >= 0.3 is 0 Å². The van der Waals surface area contributed by atoms with Gasteiger partial charge in [0, 0.05) is 18.7 Å². The van der Waals surface area contributed by atoms with Crippen LogP contribution in [0.4, 0.5) is 4.39 Å². The molecule has 1 aromatic carbocycles. The number of nitrogens with one attached hydrogen (secondary N) is 1. The maximum absolute atomic E-state index is 14.6. The van der Waals surface area contributed by atoms with Crippen molar-refractivity contribution >= 4 is 26.8 Å². The monoisotopic (exact) mass is 487 g/mol. The first-order valence-corrected chi connectivity index (χ1v) is 13.4. The Morgan fingerprint density at radius 1 is 1.26 bits per heavy atom. The fourth-order valence-electron chi connectivity index (χ4n) is 4.48. The zero-order valence-corrected chi connectivity index (χ0v) is 20.5. The first-order valence-electron chi connectivity index (χ1n) is 11.6. The molecular weight excluding hydrogens is 457 g/mol. The number of benzene rings is 1. The molecule has 3 aromatic rings. The van der Waals surface area contributed by atoms with E-state index in [0.29, 0.717) is 47.5 Å². The average molecular weight is 488 g/mol. The van der Waals surface area contributed by atoms with Gasteiger partial charge in [-0.05, 0) is 44.6 Å². The number of amides is 1. The largest absolute Gasteiger partial charge is 0.351 e. The number of likely N-dealkylation sites (N-methyl/N-ethyl adjacent to an activating group) is 1. The maximum Gasteiger partial charge on any atom is 0.252 e. The van der Waals surface area contributed by atoms with Gasteiger partial charge in [-0.2, -0.15) is 5.10 Å². The summed E-state index contributed by atoms with van der Waals surface area (Å²) in [6.07, 6.45) is 0.426. The lowest BCUT2D eigenvalue weighted by atomic mass is 10.0. The molecule has 3 heterocycles. The van der Waals surface area contributed by atoms with Gasteiger partial charge in [-0.25, -0.2) is 22.5 Å². The van der Waals surface area contributed by atoms with E-state index in [1.54, 1.807) is 35.9 Å². The Hall–Kier alpha value is -2.85. The minimum atomic E-state index is -3.16. The smallest absolute Gasteiger partial charge is 0.252 e. The molecule has 0 bridgehead atoms. The Kier molecular flexibility index (Phi) is 6.99. The Bertz CT molecular complexity index is 1320. The van der Waals surface area contributed by atoms with E-state index in [9.17, 15) is 17.6 Å². The van der Waals surface area contributed by atoms with Crippen LogP contribution in [0.25, 0.3) is 22.3 Å². The normalized spacial score (nSPS) is 17.5. The molecule has 0 aliphatic carbocycles. The van der Waals surface area contributed by atoms with Crippen molar-refractivity contribution in [2.75, 3.05) is 37.7 Å². The number of sulfone groups is 1. The number of halogens is 1. The minimum Gasteiger partial charge on any atom is -0.351 e. The van der Waals surface area contributed by atoms with Crippen LogP contribution >= 0.6 is 0 Å². The van der Waals surface area contributed by atoms with E-state index in [1.165, 1.54) is 6.07 Å². The van der Waals surface area contributed by atoms with Crippen LogP contribution in [0.15, 0.2) is 30.3 Å². The molecule has 4 rings (SSSR count). The molecule has 1 aliphatic rings. The average Bonchev–Trinajstić information content (AvgIpc) is 3.35. The van der Waals surface area contributed by atoms with Gasteiger partial charge in [0.25, 0.3) is 5.91 Å². The molecule has 0 spiro atoms. The van der Waals surface area contributed by atoms with E-state index in [0.717, 1.165) is 13.1 Å². The molecular formula is C24H30FN5O3S. The highest BCUT2D eigenvalue weighted by Crippen LogP contribution is 2.32. The quantitative estimate of drug-likeness (QED) is 0.525. The second-order valence-electron chi connectivity index (χ2n) is 8.60. The number of aryl methyl sites for hydroxylation is 1. The molecule has 1 amide bonds. The molecule has 1 atom stereocenters. The molecule has 1 fully saturated rings. The molecule has 1 unspecified atom stereocenters. The third kappa shape index (κ3) is 4.83. The predicted octanol–water partition coefficient (Wildman–Crippen LogP) is 2.98. The van der Waals surface area contributed by atoms with Crippen LogP contribution in [-0.2, 0) is 9.84 Å². The Labute approximate surface area is 199 Å². The van der Waals surface area contributed by atoms with Crippen LogP contribution in [0, 0.1) is 12.7 Å². The summed E-state index contributed by atoms with van der Waals surface area (Å²) < 4.78 is 40.5. The van der Waals surface area contributed by atoms with Crippen LogP contribution in [0.5, 0.6) is 0 Å². The van der Waals surface area contributed by atoms with Crippen molar-refractivity contribution in [1.29, 1.82) is 0 Å².